The minimum atomic E-state index is -0.964. The molecule has 0 unspecified atom stereocenters. The van der Waals surface area contributed by atoms with E-state index in [-0.39, 0.29) is 18.6 Å². The quantitative estimate of drug-likeness (QED) is 0.815. The summed E-state index contributed by atoms with van der Waals surface area (Å²) in [4.78, 5) is 12.5. The maximum absolute atomic E-state index is 12.5. The SMILES string of the molecule is CCO[C@H]1C[C@](O)(CNC(=O)C2(C#N)CCCCC2)C1(C)C. The van der Waals surface area contributed by atoms with Crippen molar-refractivity contribution in [1.29, 1.82) is 5.26 Å². The molecule has 0 aliphatic heterocycles. The number of nitrogens with zero attached hydrogens (tertiary/aromatic N) is 1. The molecule has 0 bridgehead atoms. The first-order chi connectivity index (χ1) is 10.3. The summed E-state index contributed by atoms with van der Waals surface area (Å²) in [6.07, 6.45) is 4.71. The van der Waals surface area contributed by atoms with Crippen molar-refractivity contribution < 1.29 is 14.6 Å². The molecule has 0 radical (unpaired) electrons. The largest absolute Gasteiger partial charge is 0.387 e. The van der Waals surface area contributed by atoms with Crippen LogP contribution < -0.4 is 5.32 Å². The fourth-order valence-corrected chi connectivity index (χ4v) is 3.70. The van der Waals surface area contributed by atoms with Gasteiger partial charge in [0.15, 0.2) is 0 Å². The van der Waals surface area contributed by atoms with Crippen LogP contribution in [-0.4, -0.2) is 35.9 Å². The van der Waals surface area contributed by atoms with Crippen LogP contribution in [0.2, 0.25) is 0 Å². The van der Waals surface area contributed by atoms with Gasteiger partial charge in [0.25, 0.3) is 0 Å². The van der Waals surface area contributed by atoms with E-state index in [0.29, 0.717) is 25.9 Å². The van der Waals surface area contributed by atoms with E-state index in [1.54, 1.807) is 0 Å². The van der Waals surface area contributed by atoms with Crippen molar-refractivity contribution in [2.45, 2.75) is 71.0 Å². The smallest absolute Gasteiger partial charge is 0.240 e. The Balaban J connectivity index is 1.95. The number of hydrogen-bond donors (Lipinski definition) is 2. The average molecular weight is 308 g/mol. The Kier molecular flexibility index (Phi) is 4.84. The minimum Gasteiger partial charge on any atom is -0.387 e. The number of carbonyl (C=O) groups excluding carboxylic acids is 1. The van der Waals surface area contributed by atoms with E-state index in [1.807, 2.05) is 20.8 Å². The summed E-state index contributed by atoms with van der Waals surface area (Å²) in [5, 5.41) is 23.0. The first-order valence-electron chi connectivity index (χ1n) is 8.35. The number of nitriles is 1. The molecule has 5 heteroatoms. The van der Waals surface area contributed by atoms with Gasteiger partial charge in [-0.1, -0.05) is 33.1 Å². The van der Waals surface area contributed by atoms with Crippen molar-refractivity contribution in [3.63, 3.8) is 0 Å². The Morgan fingerprint density at radius 3 is 2.50 bits per heavy atom. The predicted molar refractivity (Wildman–Crippen MR) is 82.9 cm³/mol. The lowest BCUT2D eigenvalue weighted by Crippen LogP contribution is -2.69. The van der Waals surface area contributed by atoms with Gasteiger partial charge in [0, 0.05) is 25.0 Å². The summed E-state index contributed by atoms with van der Waals surface area (Å²) in [6, 6.07) is 2.22. The molecule has 2 rings (SSSR count). The van der Waals surface area contributed by atoms with Crippen LogP contribution in [0.5, 0.6) is 0 Å². The molecule has 0 spiro atoms. The molecule has 124 valence electrons. The third-order valence-electron chi connectivity index (χ3n) is 5.79. The van der Waals surface area contributed by atoms with E-state index >= 15 is 0 Å². The highest BCUT2D eigenvalue weighted by Gasteiger charge is 2.60. The van der Waals surface area contributed by atoms with E-state index in [9.17, 15) is 15.2 Å². The molecule has 2 aliphatic rings. The molecule has 2 fully saturated rings. The van der Waals surface area contributed by atoms with E-state index in [1.165, 1.54) is 0 Å². The molecule has 2 atom stereocenters. The zero-order valence-electron chi connectivity index (χ0n) is 13.9. The van der Waals surface area contributed by atoms with E-state index in [2.05, 4.69) is 11.4 Å². The summed E-state index contributed by atoms with van der Waals surface area (Å²) in [5.41, 5.74) is -2.27. The van der Waals surface area contributed by atoms with Crippen molar-refractivity contribution in [2.75, 3.05) is 13.2 Å². The molecule has 0 aromatic rings. The van der Waals surface area contributed by atoms with Crippen LogP contribution in [-0.2, 0) is 9.53 Å². The number of carbonyl (C=O) groups is 1. The van der Waals surface area contributed by atoms with Crippen LogP contribution in [0.1, 0.15) is 59.3 Å². The molecule has 0 saturated heterocycles. The van der Waals surface area contributed by atoms with Gasteiger partial charge < -0.3 is 15.2 Å². The summed E-state index contributed by atoms with van der Waals surface area (Å²) in [5.74, 6) is -0.223. The molecule has 0 aromatic heterocycles. The Hall–Kier alpha value is -1.12. The van der Waals surface area contributed by atoms with Gasteiger partial charge in [0.1, 0.15) is 5.41 Å². The van der Waals surface area contributed by atoms with Gasteiger partial charge in [-0.2, -0.15) is 5.26 Å². The maximum atomic E-state index is 12.5. The lowest BCUT2D eigenvalue weighted by molar-refractivity contribution is -0.238. The molecule has 5 nitrogen and oxygen atoms in total. The Morgan fingerprint density at radius 2 is 2.00 bits per heavy atom. The van der Waals surface area contributed by atoms with Crippen LogP contribution in [0, 0.1) is 22.2 Å². The highest BCUT2D eigenvalue weighted by atomic mass is 16.5. The first-order valence-corrected chi connectivity index (χ1v) is 8.35. The highest BCUT2D eigenvalue weighted by molar-refractivity contribution is 5.85. The topological polar surface area (TPSA) is 82.3 Å². The van der Waals surface area contributed by atoms with E-state index < -0.39 is 16.4 Å². The number of nitrogens with one attached hydrogen (secondary N) is 1. The van der Waals surface area contributed by atoms with Gasteiger partial charge in [0.2, 0.25) is 5.91 Å². The van der Waals surface area contributed by atoms with Crippen LogP contribution >= 0.6 is 0 Å². The Morgan fingerprint density at radius 1 is 1.36 bits per heavy atom. The standard InChI is InChI=1S/C17H28N2O3/c1-4-22-13-10-17(21,15(13,2)3)12-19-14(20)16(11-18)8-6-5-7-9-16/h13,21H,4-10,12H2,1-3H3,(H,19,20)/t13-,17-/m0/s1. The maximum Gasteiger partial charge on any atom is 0.240 e. The second-order valence-electron chi connectivity index (χ2n) is 7.34. The minimum absolute atomic E-state index is 0.0130. The van der Waals surface area contributed by atoms with Gasteiger partial charge in [-0.05, 0) is 19.8 Å². The molecule has 2 aliphatic carbocycles. The normalized spacial score (nSPS) is 32.6. The fourth-order valence-electron chi connectivity index (χ4n) is 3.70. The Bertz CT molecular complexity index is 463. The van der Waals surface area contributed by atoms with E-state index in [0.717, 1.165) is 19.3 Å². The number of ether oxygens (including phenoxy) is 1. The van der Waals surface area contributed by atoms with Crippen molar-refractivity contribution in [1.82, 2.24) is 5.32 Å². The number of hydrogen-bond acceptors (Lipinski definition) is 4. The molecule has 0 heterocycles. The molecule has 2 saturated carbocycles. The summed E-state index contributed by atoms with van der Waals surface area (Å²) in [7, 11) is 0. The van der Waals surface area contributed by atoms with Crippen molar-refractivity contribution in [2.24, 2.45) is 10.8 Å². The average Bonchev–Trinajstić information content (AvgIpc) is 2.53. The van der Waals surface area contributed by atoms with Gasteiger partial charge in [-0.15, -0.1) is 0 Å². The summed E-state index contributed by atoms with van der Waals surface area (Å²) < 4.78 is 5.63. The van der Waals surface area contributed by atoms with Crippen molar-refractivity contribution >= 4 is 5.91 Å². The van der Waals surface area contributed by atoms with Crippen molar-refractivity contribution in [3.05, 3.63) is 0 Å². The third-order valence-corrected chi connectivity index (χ3v) is 5.79. The Labute approximate surface area is 133 Å². The van der Waals surface area contributed by atoms with Gasteiger partial charge >= 0.3 is 0 Å². The zero-order chi connectivity index (χ0) is 16.4. The monoisotopic (exact) mass is 308 g/mol. The molecular weight excluding hydrogens is 280 g/mol. The van der Waals surface area contributed by atoms with Gasteiger partial charge in [-0.3, -0.25) is 4.79 Å². The second kappa shape index (κ2) is 6.17. The highest BCUT2D eigenvalue weighted by Crippen LogP contribution is 2.51. The number of amides is 1. The molecule has 0 aromatic carbocycles. The van der Waals surface area contributed by atoms with Crippen LogP contribution in [0.4, 0.5) is 0 Å². The van der Waals surface area contributed by atoms with Gasteiger partial charge in [-0.25, -0.2) is 0 Å². The predicted octanol–water partition coefficient (Wildman–Crippen LogP) is 2.14. The van der Waals surface area contributed by atoms with Crippen molar-refractivity contribution in [3.8, 4) is 6.07 Å². The number of rotatable bonds is 5. The molecular formula is C17H28N2O3. The fraction of sp³-hybridized carbons (Fsp3) is 0.882. The second-order valence-corrected chi connectivity index (χ2v) is 7.34. The third kappa shape index (κ3) is 2.75. The molecule has 2 N–H and O–H groups in total. The lowest BCUT2D eigenvalue weighted by atomic mass is 9.56. The lowest BCUT2D eigenvalue weighted by Gasteiger charge is -2.58. The van der Waals surface area contributed by atoms with Crippen LogP contribution in [0.3, 0.4) is 0 Å². The van der Waals surface area contributed by atoms with Gasteiger partial charge in [0.05, 0.1) is 17.8 Å². The van der Waals surface area contributed by atoms with Crippen LogP contribution in [0.25, 0.3) is 0 Å². The molecule has 22 heavy (non-hydrogen) atoms. The van der Waals surface area contributed by atoms with Crippen LogP contribution in [0.15, 0.2) is 0 Å². The number of aliphatic hydroxyl groups is 1. The zero-order valence-corrected chi connectivity index (χ0v) is 13.9. The van der Waals surface area contributed by atoms with E-state index in [4.69, 9.17) is 4.74 Å². The summed E-state index contributed by atoms with van der Waals surface area (Å²) in [6.45, 7) is 6.67. The summed E-state index contributed by atoms with van der Waals surface area (Å²) >= 11 is 0. The molecule has 1 amide bonds. The first kappa shape index (κ1) is 17.2.